The Labute approximate surface area is 216 Å². The number of nitro groups is 1. The Balaban J connectivity index is 1.46. The van der Waals surface area contributed by atoms with E-state index < -0.39 is 34.8 Å². The minimum Gasteiger partial charge on any atom is -0.477 e. The number of benzene rings is 1. The average molecular weight is 547 g/mol. The van der Waals surface area contributed by atoms with Gasteiger partial charge < -0.3 is 21.0 Å². The van der Waals surface area contributed by atoms with Gasteiger partial charge in [-0.15, -0.1) is 23.1 Å². The van der Waals surface area contributed by atoms with E-state index in [1.165, 1.54) is 48.5 Å². The highest BCUT2D eigenvalue weighted by Gasteiger charge is 2.54. The van der Waals surface area contributed by atoms with Crippen molar-refractivity contribution < 1.29 is 29.3 Å². The van der Waals surface area contributed by atoms with E-state index in [1.54, 1.807) is 0 Å². The first-order valence-corrected chi connectivity index (χ1v) is 12.3. The van der Waals surface area contributed by atoms with Gasteiger partial charge in [0.25, 0.3) is 17.5 Å². The lowest BCUT2D eigenvalue weighted by atomic mass is 9.94. The van der Waals surface area contributed by atoms with Gasteiger partial charge in [-0.3, -0.25) is 24.6 Å². The molecule has 1 aromatic carbocycles. The van der Waals surface area contributed by atoms with Crippen molar-refractivity contribution >= 4 is 63.1 Å². The Kier molecular flexibility index (Phi) is 7.44. The number of nitrogens with two attached hydrogens (primary N) is 1. The number of nitrogen functional groups attached to an aromatic ring is 1. The number of thiazole rings is 1. The average Bonchev–Trinajstić information content (AvgIpc) is 3.31. The Morgan fingerprint density at radius 2 is 2.11 bits per heavy atom. The summed E-state index contributed by atoms with van der Waals surface area (Å²) >= 11 is 2.28. The summed E-state index contributed by atoms with van der Waals surface area (Å²) in [5.41, 5.74) is 5.63. The van der Waals surface area contributed by atoms with Gasteiger partial charge in [0.15, 0.2) is 10.8 Å². The number of nitro benzene ring substituents is 1. The molecular formula is C20H18N8O7S2. The number of carbonyl (C=O) groups is 3. The van der Waals surface area contributed by atoms with E-state index in [0.717, 1.165) is 16.2 Å². The van der Waals surface area contributed by atoms with Gasteiger partial charge >= 0.3 is 5.97 Å². The number of nitrogens with one attached hydrogen (secondary N) is 1. The van der Waals surface area contributed by atoms with E-state index in [9.17, 15) is 29.6 Å². The fourth-order valence-corrected chi connectivity index (χ4v) is 5.34. The monoisotopic (exact) mass is 546 g/mol. The largest absolute Gasteiger partial charge is 0.477 e. The Bertz CT molecular complexity index is 1350. The number of hydrogen-bond acceptors (Lipinski definition) is 13. The smallest absolute Gasteiger partial charge is 0.353 e. The van der Waals surface area contributed by atoms with Crippen LogP contribution < -0.4 is 11.1 Å². The number of anilines is 1. The molecule has 2 aromatic rings. The number of non-ortho nitro benzene ring substituents is 1. The first-order valence-electron chi connectivity index (χ1n) is 10.4. The first-order chi connectivity index (χ1) is 17.7. The summed E-state index contributed by atoms with van der Waals surface area (Å²) in [5.74, 6) is -2.35. The summed E-state index contributed by atoms with van der Waals surface area (Å²) in [6.45, 7) is -0.118. The van der Waals surface area contributed by atoms with Crippen molar-refractivity contribution in [1.29, 1.82) is 0 Å². The highest BCUT2D eigenvalue weighted by Crippen LogP contribution is 2.39. The molecular weight excluding hydrogens is 528 g/mol. The van der Waals surface area contributed by atoms with Crippen molar-refractivity contribution in [2.24, 2.45) is 15.4 Å². The van der Waals surface area contributed by atoms with Gasteiger partial charge in [0.2, 0.25) is 0 Å². The molecule has 0 radical (unpaired) electrons. The molecule has 2 unspecified atom stereocenters. The molecule has 192 valence electrons. The minimum absolute atomic E-state index is 0.0991. The van der Waals surface area contributed by atoms with E-state index in [4.69, 9.17) is 10.6 Å². The fourth-order valence-electron chi connectivity index (χ4n) is 3.61. The van der Waals surface area contributed by atoms with Crippen LogP contribution >= 0.6 is 23.1 Å². The SMILES string of the molecule is CON=C(C(=O)NC1C(=O)N2C(C(=O)O)=C(CN=Nc3ccc([N+](=O)[O-])cc3)SCC12)c1csc(N)n1. The molecule has 2 atom stereocenters. The Morgan fingerprint density at radius 3 is 2.70 bits per heavy atom. The van der Waals surface area contributed by atoms with Gasteiger partial charge in [-0.05, 0) is 12.1 Å². The van der Waals surface area contributed by atoms with Crippen molar-refractivity contribution in [3.63, 3.8) is 0 Å². The number of nitrogens with zero attached hydrogens (tertiary/aromatic N) is 6. The maximum Gasteiger partial charge on any atom is 0.353 e. The maximum atomic E-state index is 12.9. The fraction of sp³-hybridized carbons (Fsp3) is 0.250. The highest BCUT2D eigenvalue weighted by atomic mass is 32.2. The van der Waals surface area contributed by atoms with Crippen LogP contribution in [-0.4, -0.2) is 74.9 Å². The summed E-state index contributed by atoms with van der Waals surface area (Å²) < 4.78 is 0. The standard InChI is InChI=1S/C20H18N8O7S2/c1-35-26-14(11-7-37-20(21)23-11)17(29)24-15-12-8-36-13(16(19(31)32)27(12)18(15)30)6-22-25-9-2-4-10(5-3-9)28(33)34/h2-5,7,12,15H,6,8H2,1H3,(H2,21,23)(H,24,29)(H,31,32). The Morgan fingerprint density at radius 1 is 1.38 bits per heavy atom. The van der Waals surface area contributed by atoms with Crippen LogP contribution in [0, 0.1) is 10.1 Å². The predicted octanol–water partition coefficient (Wildman–Crippen LogP) is 1.51. The molecule has 1 fully saturated rings. The molecule has 1 saturated heterocycles. The van der Waals surface area contributed by atoms with Crippen molar-refractivity contribution in [1.82, 2.24) is 15.2 Å². The van der Waals surface area contributed by atoms with Gasteiger partial charge in [-0.2, -0.15) is 10.2 Å². The summed E-state index contributed by atoms with van der Waals surface area (Å²) in [6, 6.07) is 3.78. The second-order valence-electron chi connectivity index (χ2n) is 7.48. The summed E-state index contributed by atoms with van der Waals surface area (Å²) in [4.78, 5) is 58.1. The maximum absolute atomic E-state index is 12.9. The number of rotatable bonds is 9. The number of carboxylic acid groups (broad SMARTS) is 1. The van der Waals surface area contributed by atoms with Gasteiger partial charge in [-0.25, -0.2) is 9.78 Å². The summed E-state index contributed by atoms with van der Waals surface area (Å²) in [6.07, 6.45) is 0. The number of β-lactam (4-membered cyclic amide) rings is 1. The number of carboxylic acids is 1. The lowest BCUT2D eigenvalue weighted by molar-refractivity contribution is -0.384. The normalized spacial score (nSPS) is 19.4. The van der Waals surface area contributed by atoms with Crippen LogP contribution in [0.5, 0.6) is 0 Å². The van der Waals surface area contributed by atoms with Crippen molar-refractivity contribution in [2.75, 3.05) is 25.1 Å². The second-order valence-corrected chi connectivity index (χ2v) is 9.49. The number of amides is 2. The molecule has 37 heavy (non-hydrogen) atoms. The molecule has 4 N–H and O–H groups in total. The molecule has 2 amide bonds. The van der Waals surface area contributed by atoms with E-state index in [0.29, 0.717) is 16.3 Å². The third-order valence-electron chi connectivity index (χ3n) is 5.27. The number of aliphatic carboxylic acids is 1. The molecule has 2 aliphatic heterocycles. The van der Waals surface area contributed by atoms with Crippen LogP contribution in [0.4, 0.5) is 16.5 Å². The molecule has 0 saturated carbocycles. The molecule has 4 rings (SSSR count). The zero-order chi connectivity index (χ0) is 26.7. The minimum atomic E-state index is -1.32. The van der Waals surface area contributed by atoms with Crippen molar-refractivity contribution in [3.8, 4) is 0 Å². The highest BCUT2D eigenvalue weighted by molar-refractivity contribution is 8.03. The number of carbonyl (C=O) groups excluding carboxylic acids is 2. The predicted molar refractivity (Wildman–Crippen MR) is 132 cm³/mol. The first kappa shape index (κ1) is 25.7. The van der Waals surface area contributed by atoms with E-state index in [1.807, 2.05) is 0 Å². The zero-order valence-corrected chi connectivity index (χ0v) is 20.6. The third-order valence-corrected chi connectivity index (χ3v) is 7.12. The van der Waals surface area contributed by atoms with Gasteiger partial charge in [0.05, 0.1) is 23.2 Å². The van der Waals surface area contributed by atoms with E-state index in [2.05, 4.69) is 25.7 Å². The third kappa shape index (κ3) is 5.26. The molecule has 0 aliphatic carbocycles. The van der Waals surface area contributed by atoms with Crippen LogP contribution in [0.1, 0.15) is 5.69 Å². The van der Waals surface area contributed by atoms with Gasteiger partial charge in [-0.1, -0.05) is 5.16 Å². The lowest BCUT2D eigenvalue weighted by Gasteiger charge is -2.49. The molecule has 0 spiro atoms. The zero-order valence-electron chi connectivity index (χ0n) is 18.9. The Hall–Kier alpha value is -4.38. The van der Waals surface area contributed by atoms with Crippen LogP contribution in [0.3, 0.4) is 0 Å². The molecule has 3 heterocycles. The van der Waals surface area contributed by atoms with Crippen LogP contribution in [0.25, 0.3) is 0 Å². The number of thioether (sulfide) groups is 1. The topological polar surface area (TPSA) is 215 Å². The molecule has 2 aliphatic rings. The van der Waals surface area contributed by atoms with Crippen molar-refractivity contribution in [3.05, 3.63) is 56.1 Å². The molecule has 15 nitrogen and oxygen atoms in total. The summed E-state index contributed by atoms with van der Waals surface area (Å²) in [5, 5.41) is 36.5. The summed E-state index contributed by atoms with van der Waals surface area (Å²) in [7, 11) is 1.25. The number of aromatic nitrogens is 1. The quantitative estimate of drug-likeness (QED) is 0.135. The van der Waals surface area contributed by atoms with E-state index >= 15 is 0 Å². The molecule has 1 aromatic heterocycles. The van der Waals surface area contributed by atoms with Gasteiger partial charge in [0.1, 0.15) is 24.5 Å². The number of oxime groups is 1. The van der Waals surface area contributed by atoms with Crippen LogP contribution in [0.2, 0.25) is 0 Å². The van der Waals surface area contributed by atoms with Gasteiger partial charge in [0, 0.05) is 28.2 Å². The molecule has 17 heteroatoms. The van der Waals surface area contributed by atoms with Crippen molar-refractivity contribution in [2.45, 2.75) is 12.1 Å². The van der Waals surface area contributed by atoms with Crippen LogP contribution in [0.15, 0.2) is 55.6 Å². The number of hydrogen-bond donors (Lipinski definition) is 3. The molecule has 0 bridgehead atoms. The lowest BCUT2D eigenvalue weighted by Crippen LogP contribution is -2.73. The van der Waals surface area contributed by atoms with Crippen LogP contribution in [-0.2, 0) is 19.2 Å². The van der Waals surface area contributed by atoms with E-state index in [-0.39, 0.29) is 34.5 Å². The number of azo groups is 1. The number of fused-ring (bicyclic) bond motifs is 1. The second kappa shape index (κ2) is 10.7.